The van der Waals surface area contributed by atoms with Gasteiger partial charge in [0.25, 0.3) is 0 Å². The van der Waals surface area contributed by atoms with Crippen LogP contribution in [0.25, 0.3) is 0 Å². The Kier molecular flexibility index (Phi) is 5.66. The summed E-state index contributed by atoms with van der Waals surface area (Å²) in [6.07, 6.45) is 13.8. The number of fused-ring (bicyclic) bond motifs is 4. The Bertz CT molecular complexity index is 647. The molecule has 0 saturated heterocycles. The Morgan fingerprint density at radius 2 is 1.80 bits per heavy atom. The van der Waals surface area contributed by atoms with Gasteiger partial charge in [-0.15, -0.1) is 0 Å². The van der Waals surface area contributed by atoms with Crippen LogP contribution in [0, 0.1) is 57.7 Å². The van der Waals surface area contributed by atoms with Gasteiger partial charge in [0.05, 0.1) is 6.10 Å². The molecule has 1 nitrogen and oxygen atoms in total. The van der Waals surface area contributed by atoms with Crippen LogP contribution < -0.4 is 0 Å². The average molecular weight is 433 g/mol. The van der Waals surface area contributed by atoms with Gasteiger partial charge in [-0.1, -0.05) is 34.6 Å². The molecule has 0 aromatic rings. The monoisotopic (exact) mass is 432 g/mol. The first-order valence-electron chi connectivity index (χ1n) is 13.4. The van der Waals surface area contributed by atoms with E-state index in [0.717, 1.165) is 41.4 Å². The fraction of sp³-hybridized carbons (Fsp3) is 1.00. The van der Waals surface area contributed by atoms with E-state index in [2.05, 4.69) is 46.4 Å². The van der Waals surface area contributed by atoms with Gasteiger partial charge in [-0.2, -0.15) is 11.8 Å². The maximum absolute atomic E-state index is 6.30. The Labute approximate surface area is 191 Å². The highest BCUT2D eigenvalue weighted by molar-refractivity contribution is 7.99. The summed E-state index contributed by atoms with van der Waals surface area (Å²) >= 11 is 2.24. The number of ether oxygens (including phenoxy) is 1. The summed E-state index contributed by atoms with van der Waals surface area (Å²) in [5.74, 6) is 9.33. The van der Waals surface area contributed by atoms with E-state index >= 15 is 0 Å². The lowest BCUT2D eigenvalue weighted by Gasteiger charge is -2.61. The standard InChI is InChI=1S/C28H48OS/c1-18(2)11-14-30-17-19(3)22-7-8-23-21-15-25(29-6)28-16-20(28)9-13-27(28,5)24(21)10-12-26(22,23)4/h18-25H,7-17H2,1-6H3/t19-,20-,21+,22-,23+,24+,25-,26-,27-,28+/m1/s1. The van der Waals surface area contributed by atoms with Crippen molar-refractivity contribution < 1.29 is 4.74 Å². The summed E-state index contributed by atoms with van der Waals surface area (Å²) in [7, 11) is 2.03. The number of methoxy groups -OCH3 is 1. The third-order valence-corrected chi connectivity index (χ3v) is 13.1. The minimum Gasteiger partial charge on any atom is -0.381 e. The zero-order valence-corrected chi connectivity index (χ0v) is 21.5. The molecule has 30 heavy (non-hydrogen) atoms. The molecule has 0 aromatic carbocycles. The van der Waals surface area contributed by atoms with Crippen LogP contribution in [-0.2, 0) is 4.74 Å². The molecular formula is C28H48OS. The lowest BCUT2D eigenvalue weighted by molar-refractivity contribution is -0.160. The van der Waals surface area contributed by atoms with Gasteiger partial charge in [0, 0.05) is 12.5 Å². The van der Waals surface area contributed by atoms with E-state index in [4.69, 9.17) is 4.74 Å². The van der Waals surface area contributed by atoms with Crippen molar-refractivity contribution in [3.63, 3.8) is 0 Å². The first kappa shape index (κ1) is 22.1. The Morgan fingerprint density at radius 3 is 2.50 bits per heavy atom. The maximum Gasteiger partial charge on any atom is 0.0638 e. The third kappa shape index (κ3) is 2.97. The molecule has 5 rings (SSSR count). The zero-order chi connectivity index (χ0) is 21.3. The van der Waals surface area contributed by atoms with Crippen LogP contribution in [0.2, 0.25) is 0 Å². The Hall–Kier alpha value is 0.310. The predicted octanol–water partition coefficient (Wildman–Crippen LogP) is 7.69. The smallest absolute Gasteiger partial charge is 0.0638 e. The molecule has 0 bridgehead atoms. The molecule has 10 atom stereocenters. The van der Waals surface area contributed by atoms with E-state index < -0.39 is 0 Å². The van der Waals surface area contributed by atoms with Crippen LogP contribution in [-0.4, -0.2) is 24.7 Å². The van der Waals surface area contributed by atoms with Crippen molar-refractivity contribution in [2.75, 3.05) is 18.6 Å². The van der Waals surface area contributed by atoms with Crippen molar-refractivity contribution in [3.05, 3.63) is 0 Å². The average Bonchev–Trinajstić information content (AvgIpc) is 3.21. The van der Waals surface area contributed by atoms with Crippen LogP contribution in [0.5, 0.6) is 0 Å². The van der Waals surface area contributed by atoms with E-state index in [1.54, 1.807) is 0 Å². The fourth-order valence-corrected chi connectivity index (χ4v) is 11.7. The quantitative estimate of drug-likeness (QED) is 0.381. The van der Waals surface area contributed by atoms with Gasteiger partial charge in [-0.3, -0.25) is 0 Å². The second-order valence-corrected chi connectivity index (χ2v) is 14.3. The molecule has 2 heteroatoms. The van der Waals surface area contributed by atoms with E-state index in [0.29, 0.717) is 22.3 Å². The minimum atomic E-state index is 0.557. The highest BCUT2D eigenvalue weighted by Gasteiger charge is 2.77. The van der Waals surface area contributed by atoms with Gasteiger partial charge >= 0.3 is 0 Å². The molecule has 0 aromatic heterocycles. The summed E-state index contributed by atoms with van der Waals surface area (Å²) in [5.41, 5.74) is 1.76. The van der Waals surface area contributed by atoms with Crippen molar-refractivity contribution in [2.24, 2.45) is 57.7 Å². The first-order chi connectivity index (χ1) is 14.3. The number of hydrogen-bond acceptors (Lipinski definition) is 2. The highest BCUT2D eigenvalue weighted by atomic mass is 32.2. The topological polar surface area (TPSA) is 9.23 Å². The summed E-state index contributed by atoms with van der Waals surface area (Å²) in [4.78, 5) is 0. The van der Waals surface area contributed by atoms with Crippen molar-refractivity contribution in [1.82, 2.24) is 0 Å². The lowest BCUT2D eigenvalue weighted by Crippen LogP contribution is -2.57. The van der Waals surface area contributed by atoms with Crippen molar-refractivity contribution >= 4 is 11.8 Å². The molecule has 5 fully saturated rings. The second kappa shape index (κ2) is 7.68. The molecular weight excluding hydrogens is 384 g/mol. The normalized spacial score (nSPS) is 52.5. The summed E-state index contributed by atoms with van der Waals surface area (Å²) < 4.78 is 6.30. The Balaban J connectivity index is 1.31. The molecule has 172 valence electrons. The molecule has 5 aliphatic rings. The minimum absolute atomic E-state index is 0.557. The van der Waals surface area contributed by atoms with Gasteiger partial charge in [-0.05, 0) is 122 Å². The molecule has 0 N–H and O–H groups in total. The molecule has 0 heterocycles. The van der Waals surface area contributed by atoms with Crippen LogP contribution in [0.15, 0.2) is 0 Å². The predicted molar refractivity (Wildman–Crippen MR) is 130 cm³/mol. The summed E-state index contributed by atoms with van der Waals surface area (Å²) in [5, 5.41) is 0. The van der Waals surface area contributed by atoms with Gasteiger partial charge < -0.3 is 4.74 Å². The molecule has 1 spiro atoms. The molecule has 0 unspecified atom stereocenters. The van der Waals surface area contributed by atoms with Gasteiger partial charge in [0.1, 0.15) is 0 Å². The van der Waals surface area contributed by atoms with Crippen LogP contribution in [0.4, 0.5) is 0 Å². The number of thioether (sulfide) groups is 1. The van der Waals surface area contributed by atoms with Crippen LogP contribution >= 0.6 is 11.8 Å². The summed E-state index contributed by atoms with van der Waals surface area (Å²) in [6, 6.07) is 0. The highest BCUT2D eigenvalue weighted by Crippen LogP contribution is 2.82. The van der Waals surface area contributed by atoms with Crippen molar-refractivity contribution in [1.29, 1.82) is 0 Å². The largest absolute Gasteiger partial charge is 0.381 e. The first-order valence-corrected chi connectivity index (χ1v) is 14.5. The van der Waals surface area contributed by atoms with E-state index in [9.17, 15) is 0 Å². The molecule has 0 aliphatic heterocycles. The van der Waals surface area contributed by atoms with Crippen molar-refractivity contribution in [3.8, 4) is 0 Å². The zero-order valence-electron chi connectivity index (χ0n) is 20.7. The van der Waals surface area contributed by atoms with Gasteiger partial charge in [-0.25, -0.2) is 0 Å². The molecule has 5 aliphatic carbocycles. The molecule has 0 amide bonds. The maximum atomic E-state index is 6.30. The van der Waals surface area contributed by atoms with E-state index in [1.165, 1.54) is 69.3 Å². The summed E-state index contributed by atoms with van der Waals surface area (Å²) in [6.45, 7) is 12.8. The number of hydrogen-bond donors (Lipinski definition) is 0. The van der Waals surface area contributed by atoms with Crippen LogP contribution in [0.3, 0.4) is 0 Å². The van der Waals surface area contributed by atoms with E-state index in [1.807, 2.05) is 7.11 Å². The molecule has 0 radical (unpaired) electrons. The van der Waals surface area contributed by atoms with Crippen LogP contribution in [0.1, 0.15) is 92.4 Å². The second-order valence-electron chi connectivity index (χ2n) is 13.2. The number of rotatable bonds is 7. The van der Waals surface area contributed by atoms with E-state index in [-0.39, 0.29) is 0 Å². The van der Waals surface area contributed by atoms with Gasteiger partial charge in [0.2, 0.25) is 0 Å². The molecule has 5 saturated carbocycles. The fourth-order valence-electron chi connectivity index (χ4n) is 10.3. The Morgan fingerprint density at radius 1 is 1.00 bits per heavy atom. The lowest BCUT2D eigenvalue weighted by atomic mass is 9.45. The SMILES string of the molecule is CO[C@@H]1C[C@H]2[C@@H]3CC[C@H]([C@H](C)CSCCC(C)C)[C@@]3(C)CC[C@@H]2[C@@]2(C)CC[C@@H]3C[C@]312. The van der Waals surface area contributed by atoms with Crippen molar-refractivity contribution in [2.45, 2.75) is 98.5 Å². The third-order valence-electron chi connectivity index (χ3n) is 11.8. The van der Waals surface area contributed by atoms with Gasteiger partial charge in [0.15, 0.2) is 0 Å².